The van der Waals surface area contributed by atoms with Crippen molar-refractivity contribution in [1.82, 2.24) is 15.2 Å². The highest BCUT2D eigenvalue weighted by Crippen LogP contribution is 2.22. The smallest absolute Gasteiger partial charge is 0.268 e. The van der Waals surface area contributed by atoms with Crippen LogP contribution in [0.5, 0.6) is 0 Å². The molecule has 0 radical (unpaired) electrons. The van der Waals surface area contributed by atoms with Crippen LogP contribution in [0.4, 0.5) is 5.13 Å². The molecule has 1 amide bonds. The van der Waals surface area contributed by atoms with Crippen LogP contribution in [0.2, 0.25) is 0 Å². The van der Waals surface area contributed by atoms with Gasteiger partial charge in [0.15, 0.2) is 0 Å². The van der Waals surface area contributed by atoms with Gasteiger partial charge in [-0.3, -0.25) is 10.1 Å². The van der Waals surface area contributed by atoms with Gasteiger partial charge in [-0.1, -0.05) is 43.4 Å². The van der Waals surface area contributed by atoms with Gasteiger partial charge in [-0.25, -0.2) is 0 Å². The topological polar surface area (TPSA) is 94.5 Å². The molecule has 126 valence electrons. The van der Waals surface area contributed by atoms with Gasteiger partial charge in [-0.2, -0.15) is 5.26 Å². The van der Waals surface area contributed by atoms with Gasteiger partial charge >= 0.3 is 0 Å². The standard InChI is InChI=1S/C18H17N5OS/c1-11(2)7-16-22-23-18(25-16)21-17(24)12(9-19)8-13-10-20-15-6-4-3-5-14(13)15/h3-6,8,10-11,20H,7H2,1-2H3,(H,21,23,24)/b12-8-. The molecule has 0 bridgehead atoms. The summed E-state index contributed by atoms with van der Waals surface area (Å²) in [6.45, 7) is 4.19. The number of para-hydroxylation sites is 1. The van der Waals surface area contributed by atoms with Crippen LogP contribution < -0.4 is 5.32 Å². The summed E-state index contributed by atoms with van der Waals surface area (Å²) in [5.41, 5.74) is 1.76. The van der Waals surface area contributed by atoms with Crippen LogP contribution in [-0.4, -0.2) is 21.1 Å². The van der Waals surface area contributed by atoms with Crippen LogP contribution in [0.25, 0.3) is 17.0 Å². The molecule has 0 fully saturated rings. The highest BCUT2D eigenvalue weighted by molar-refractivity contribution is 7.15. The zero-order chi connectivity index (χ0) is 17.8. The molecule has 0 aliphatic heterocycles. The zero-order valence-corrected chi connectivity index (χ0v) is 14.7. The fourth-order valence-electron chi connectivity index (χ4n) is 2.42. The van der Waals surface area contributed by atoms with Crippen molar-refractivity contribution in [3.05, 3.63) is 46.6 Å². The molecule has 2 heterocycles. The van der Waals surface area contributed by atoms with Gasteiger partial charge in [0.2, 0.25) is 5.13 Å². The first-order chi connectivity index (χ1) is 12.1. The van der Waals surface area contributed by atoms with Crippen molar-refractivity contribution in [3.8, 4) is 6.07 Å². The molecule has 0 saturated carbocycles. The Balaban J connectivity index is 1.79. The minimum Gasteiger partial charge on any atom is -0.361 e. The van der Waals surface area contributed by atoms with Gasteiger partial charge in [0.05, 0.1) is 0 Å². The van der Waals surface area contributed by atoms with Crippen molar-refractivity contribution >= 4 is 39.4 Å². The van der Waals surface area contributed by atoms with Crippen molar-refractivity contribution in [2.24, 2.45) is 5.92 Å². The van der Waals surface area contributed by atoms with Crippen molar-refractivity contribution in [2.75, 3.05) is 5.32 Å². The minimum absolute atomic E-state index is 0.0189. The third-order valence-corrected chi connectivity index (χ3v) is 4.42. The lowest BCUT2D eigenvalue weighted by atomic mass is 10.1. The molecule has 0 saturated heterocycles. The summed E-state index contributed by atoms with van der Waals surface area (Å²) in [5.74, 6) is -0.0204. The Hall–Kier alpha value is -2.98. The predicted octanol–water partition coefficient (Wildman–Crippen LogP) is 3.76. The Bertz CT molecular complexity index is 977. The van der Waals surface area contributed by atoms with Crippen LogP contribution in [0.1, 0.15) is 24.4 Å². The van der Waals surface area contributed by atoms with E-state index in [1.54, 1.807) is 12.3 Å². The molecule has 2 N–H and O–H groups in total. The molecule has 2 aromatic heterocycles. The van der Waals surface area contributed by atoms with E-state index in [1.807, 2.05) is 30.3 Å². The largest absolute Gasteiger partial charge is 0.361 e. The third-order valence-electron chi connectivity index (χ3n) is 3.56. The lowest BCUT2D eigenvalue weighted by molar-refractivity contribution is -0.112. The van der Waals surface area contributed by atoms with E-state index < -0.39 is 5.91 Å². The van der Waals surface area contributed by atoms with E-state index in [-0.39, 0.29) is 5.57 Å². The molecule has 0 spiro atoms. The normalized spacial score (nSPS) is 11.7. The monoisotopic (exact) mass is 351 g/mol. The van der Waals surface area contributed by atoms with E-state index in [0.717, 1.165) is 27.9 Å². The molecule has 0 aliphatic carbocycles. The lowest BCUT2D eigenvalue weighted by Crippen LogP contribution is -2.13. The van der Waals surface area contributed by atoms with Gasteiger partial charge in [0.1, 0.15) is 16.6 Å². The number of nitrogens with zero attached hydrogens (tertiary/aromatic N) is 3. The summed E-state index contributed by atoms with van der Waals surface area (Å²) >= 11 is 1.33. The quantitative estimate of drug-likeness (QED) is 0.540. The van der Waals surface area contributed by atoms with Crippen LogP contribution in [0.15, 0.2) is 36.0 Å². The number of amides is 1. The lowest BCUT2D eigenvalue weighted by Gasteiger charge is -1.99. The number of H-pyrrole nitrogens is 1. The predicted molar refractivity (Wildman–Crippen MR) is 99.0 cm³/mol. The number of anilines is 1. The van der Waals surface area contributed by atoms with Crippen LogP contribution in [-0.2, 0) is 11.2 Å². The molecule has 0 unspecified atom stereocenters. The number of carbonyl (C=O) groups is 1. The maximum Gasteiger partial charge on any atom is 0.268 e. The molecule has 0 atom stereocenters. The number of aromatic nitrogens is 3. The average molecular weight is 351 g/mol. The number of carbonyl (C=O) groups excluding carboxylic acids is 1. The number of aromatic amines is 1. The van der Waals surface area contributed by atoms with E-state index in [4.69, 9.17) is 0 Å². The number of nitrogens with one attached hydrogen (secondary N) is 2. The molecular weight excluding hydrogens is 334 g/mol. The molecule has 1 aromatic carbocycles. The van der Waals surface area contributed by atoms with Crippen molar-refractivity contribution < 1.29 is 4.79 Å². The minimum atomic E-state index is -0.486. The number of rotatable bonds is 5. The zero-order valence-electron chi connectivity index (χ0n) is 13.9. The van der Waals surface area contributed by atoms with E-state index in [1.165, 1.54) is 11.3 Å². The molecule has 7 heteroatoms. The average Bonchev–Trinajstić information content (AvgIpc) is 3.19. The third kappa shape index (κ3) is 3.92. The number of benzene rings is 1. The summed E-state index contributed by atoms with van der Waals surface area (Å²) in [6, 6.07) is 9.67. The molecule has 6 nitrogen and oxygen atoms in total. The molecular formula is C18H17N5OS. The first-order valence-corrected chi connectivity index (χ1v) is 8.70. The van der Waals surface area contributed by atoms with Crippen LogP contribution >= 0.6 is 11.3 Å². The molecule has 3 rings (SSSR count). The van der Waals surface area contributed by atoms with Gasteiger partial charge in [0, 0.05) is 29.1 Å². The SMILES string of the molecule is CC(C)Cc1nnc(NC(=O)/C(C#N)=C\c2c[nH]c3ccccc23)s1. The van der Waals surface area contributed by atoms with Crippen LogP contribution in [0.3, 0.4) is 0 Å². The molecule has 3 aromatic rings. The maximum absolute atomic E-state index is 12.4. The maximum atomic E-state index is 12.4. The Morgan fingerprint density at radius 1 is 1.40 bits per heavy atom. The first kappa shape index (κ1) is 16.9. The van der Waals surface area contributed by atoms with Gasteiger partial charge in [0.25, 0.3) is 5.91 Å². The number of hydrogen-bond donors (Lipinski definition) is 2. The van der Waals surface area contributed by atoms with Crippen molar-refractivity contribution in [1.29, 1.82) is 5.26 Å². The van der Waals surface area contributed by atoms with Crippen molar-refractivity contribution in [2.45, 2.75) is 20.3 Å². The van der Waals surface area contributed by atoms with Crippen molar-refractivity contribution in [3.63, 3.8) is 0 Å². The molecule has 25 heavy (non-hydrogen) atoms. The summed E-state index contributed by atoms with van der Waals surface area (Å²) < 4.78 is 0. The Kier molecular flexibility index (Phi) is 4.91. The number of fused-ring (bicyclic) bond motifs is 1. The van der Waals surface area contributed by atoms with Crippen LogP contribution in [0, 0.1) is 17.2 Å². The van der Waals surface area contributed by atoms with E-state index in [2.05, 4.69) is 34.3 Å². The Morgan fingerprint density at radius 3 is 2.96 bits per heavy atom. The highest BCUT2D eigenvalue weighted by atomic mass is 32.1. The Morgan fingerprint density at radius 2 is 2.20 bits per heavy atom. The fraction of sp³-hybridized carbons (Fsp3) is 0.222. The Labute approximate surface area is 149 Å². The van der Waals surface area contributed by atoms with E-state index in [9.17, 15) is 10.1 Å². The highest BCUT2D eigenvalue weighted by Gasteiger charge is 2.14. The fourth-order valence-corrected chi connectivity index (χ4v) is 3.36. The molecule has 0 aliphatic rings. The number of nitriles is 1. The summed E-state index contributed by atoms with van der Waals surface area (Å²) in [6.07, 6.45) is 4.16. The summed E-state index contributed by atoms with van der Waals surface area (Å²) in [7, 11) is 0. The second kappa shape index (κ2) is 7.28. The first-order valence-electron chi connectivity index (χ1n) is 7.88. The van der Waals surface area contributed by atoms with E-state index >= 15 is 0 Å². The summed E-state index contributed by atoms with van der Waals surface area (Å²) in [4.78, 5) is 15.5. The van der Waals surface area contributed by atoms with E-state index in [0.29, 0.717) is 11.0 Å². The second-order valence-corrected chi connectivity index (χ2v) is 7.07. The summed E-state index contributed by atoms with van der Waals surface area (Å²) in [5, 5.41) is 22.2. The second-order valence-electron chi connectivity index (χ2n) is 6.01. The van der Waals surface area contributed by atoms with Gasteiger partial charge in [-0.15, -0.1) is 10.2 Å². The van der Waals surface area contributed by atoms with Gasteiger partial charge in [-0.05, 0) is 18.1 Å². The van der Waals surface area contributed by atoms with Gasteiger partial charge < -0.3 is 4.98 Å². The number of hydrogen-bond acceptors (Lipinski definition) is 5.